The van der Waals surface area contributed by atoms with Crippen molar-refractivity contribution in [3.8, 4) is 0 Å². The van der Waals surface area contributed by atoms with Gasteiger partial charge in [-0.3, -0.25) is 9.36 Å². The summed E-state index contributed by atoms with van der Waals surface area (Å²) < 4.78 is 12.7. The Hall–Kier alpha value is -3.30. The number of anilines is 1. The van der Waals surface area contributed by atoms with Gasteiger partial charge in [-0.05, 0) is 30.2 Å². The predicted molar refractivity (Wildman–Crippen MR) is 109 cm³/mol. The lowest BCUT2D eigenvalue weighted by molar-refractivity contribution is 0.110. The molecule has 2 atom stereocenters. The number of nitrogens with two attached hydrogens (primary N) is 1. The van der Waals surface area contributed by atoms with Gasteiger partial charge in [-0.2, -0.15) is 4.98 Å². The minimum Gasteiger partial charge on any atom is -0.382 e. The molecule has 10 heteroatoms. The summed E-state index contributed by atoms with van der Waals surface area (Å²) in [6, 6.07) is 9.19. The third-order valence-electron chi connectivity index (χ3n) is 5.16. The Bertz CT molecular complexity index is 1270. The molecule has 1 aliphatic heterocycles. The van der Waals surface area contributed by atoms with E-state index in [2.05, 4.69) is 20.1 Å². The van der Waals surface area contributed by atoms with Gasteiger partial charge >= 0.3 is 0 Å². The van der Waals surface area contributed by atoms with E-state index < -0.39 is 0 Å². The normalized spacial score (nSPS) is 18.8. The summed E-state index contributed by atoms with van der Waals surface area (Å²) >= 11 is 5.95. The highest BCUT2D eigenvalue weighted by atomic mass is 35.5. The number of nitrogens with zero attached hydrogens (tertiary/aromatic N) is 5. The fourth-order valence-electron chi connectivity index (χ4n) is 3.59. The first-order valence-electron chi connectivity index (χ1n) is 9.37. The average Bonchev–Trinajstić information content (AvgIpc) is 3.41. The molecule has 5 rings (SSSR count). The van der Waals surface area contributed by atoms with Gasteiger partial charge in [0.05, 0.1) is 24.4 Å². The Balaban J connectivity index is 1.33. The van der Waals surface area contributed by atoms with Crippen LogP contribution in [0.4, 0.5) is 5.82 Å². The van der Waals surface area contributed by atoms with Crippen LogP contribution in [0.15, 0.2) is 52.2 Å². The summed E-state index contributed by atoms with van der Waals surface area (Å²) in [5.74, 6) is 1.12. The number of pyridine rings is 1. The number of nitrogen functional groups attached to an aromatic ring is 1. The zero-order chi connectivity index (χ0) is 20.7. The van der Waals surface area contributed by atoms with Gasteiger partial charge in [0.1, 0.15) is 17.9 Å². The molecule has 1 aromatic carbocycles. The molecule has 1 saturated heterocycles. The van der Waals surface area contributed by atoms with Crippen LogP contribution in [0, 0.1) is 0 Å². The van der Waals surface area contributed by atoms with Crippen molar-refractivity contribution in [2.75, 3.05) is 12.3 Å². The van der Waals surface area contributed by atoms with Gasteiger partial charge in [-0.1, -0.05) is 28.9 Å². The van der Waals surface area contributed by atoms with E-state index >= 15 is 0 Å². The van der Waals surface area contributed by atoms with Crippen LogP contribution in [0.5, 0.6) is 0 Å². The van der Waals surface area contributed by atoms with Crippen molar-refractivity contribution in [2.24, 2.45) is 0 Å². The van der Waals surface area contributed by atoms with Crippen molar-refractivity contribution < 1.29 is 9.26 Å². The largest absolute Gasteiger partial charge is 0.382 e. The SMILES string of the molecule is Nc1nccc2c(=O)n(Cc3nc([C@@H]4CO[C@@H](c5ccc(Cl)cc5)C4)no3)cnc12. The predicted octanol–water partition coefficient (Wildman–Crippen LogP) is 2.70. The van der Waals surface area contributed by atoms with Crippen LogP contribution < -0.4 is 11.3 Å². The van der Waals surface area contributed by atoms with Gasteiger partial charge < -0.3 is 15.0 Å². The summed E-state index contributed by atoms with van der Waals surface area (Å²) in [5.41, 5.74) is 6.97. The molecule has 0 aliphatic carbocycles. The minimum atomic E-state index is -0.249. The molecule has 0 spiro atoms. The summed E-state index contributed by atoms with van der Waals surface area (Å²) in [4.78, 5) is 25.3. The number of benzene rings is 1. The molecular weight excluding hydrogens is 408 g/mol. The summed E-state index contributed by atoms with van der Waals surface area (Å²) in [7, 11) is 0. The maximum Gasteiger partial charge on any atom is 0.261 e. The quantitative estimate of drug-likeness (QED) is 0.530. The van der Waals surface area contributed by atoms with Crippen molar-refractivity contribution in [3.63, 3.8) is 0 Å². The highest BCUT2D eigenvalue weighted by Crippen LogP contribution is 2.37. The van der Waals surface area contributed by atoms with Gasteiger partial charge in [0.25, 0.3) is 5.56 Å². The molecule has 3 aromatic heterocycles. The van der Waals surface area contributed by atoms with E-state index in [0.717, 1.165) is 12.0 Å². The van der Waals surface area contributed by atoms with Crippen LogP contribution in [0.1, 0.15) is 35.7 Å². The molecule has 4 aromatic rings. The summed E-state index contributed by atoms with van der Waals surface area (Å²) in [5, 5.41) is 5.17. The van der Waals surface area contributed by atoms with Crippen LogP contribution >= 0.6 is 11.6 Å². The maximum absolute atomic E-state index is 12.7. The summed E-state index contributed by atoms with van der Waals surface area (Å²) in [6.45, 7) is 0.612. The minimum absolute atomic E-state index is 0.0144. The van der Waals surface area contributed by atoms with Gasteiger partial charge in [-0.25, -0.2) is 9.97 Å². The highest BCUT2D eigenvalue weighted by Gasteiger charge is 2.31. The molecule has 1 aliphatic rings. The lowest BCUT2D eigenvalue weighted by Crippen LogP contribution is -2.21. The lowest BCUT2D eigenvalue weighted by atomic mass is 10.0. The van der Waals surface area contributed by atoms with E-state index in [-0.39, 0.29) is 29.9 Å². The number of rotatable bonds is 4. The topological polar surface area (TPSA) is 122 Å². The number of hydrogen-bond donors (Lipinski definition) is 1. The number of hydrogen-bond acceptors (Lipinski definition) is 8. The van der Waals surface area contributed by atoms with Crippen molar-refractivity contribution in [1.82, 2.24) is 24.7 Å². The molecule has 9 nitrogen and oxygen atoms in total. The van der Waals surface area contributed by atoms with E-state index in [1.54, 1.807) is 6.07 Å². The molecular formula is C20H17ClN6O3. The third-order valence-corrected chi connectivity index (χ3v) is 5.42. The molecule has 30 heavy (non-hydrogen) atoms. The van der Waals surface area contributed by atoms with E-state index in [0.29, 0.717) is 34.2 Å². The van der Waals surface area contributed by atoms with Crippen LogP contribution in [0.2, 0.25) is 5.02 Å². The zero-order valence-corrected chi connectivity index (χ0v) is 16.5. The standard InChI is InChI=1S/C20H17ClN6O3/c21-13-3-1-11(2-4-13)15-7-12(9-29-15)19-25-16(30-26-19)8-27-10-24-17-14(20(27)28)5-6-23-18(17)22/h1-6,10,12,15H,7-9H2,(H2,22,23)/t12-,15+/m0/s1. The first-order valence-corrected chi connectivity index (χ1v) is 9.75. The van der Waals surface area contributed by atoms with Crippen molar-refractivity contribution in [1.29, 1.82) is 0 Å². The zero-order valence-electron chi connectivity index (χ0n) is 15.7. The fourth-order valence-corrected chi connectivity index (χ4v) is 3.71. The first-order chi connectivity index (χ1) is 14.6. The molecule has 4 heterocycles. The Kier molecular flexibility index (Phi) is 4.68. The van der Waals surface area contributed by atoms with E-state index in [4.69, 9.17) is 26.6 Å². The molecule has 2 N–H and O–H groups in total. The number of fused-ring (bicyclic) bond motifs is 1. The molecule has 0 radical (unpaired) electrons. The van der Waals surface area contributed by atoms with Crippen molar-refractivity contribution in [2.45, 2.75) is 25.0 Å². The van der Waals surface area contributed by atoms with E-state index in [1.165, 1.54) is 17.1 Å². The second kappa shape index (κ2) is 7.51. The van der Waals surface area contributed by atoms with Crippen LogP contribution in [0.3, 0.4) is 0 Å². The number of ether oxygens (including phenoxy) is 1. The van der Waals surface area contributed by atoms with Gasteiger partial charge in [0, 0.05) is 17.1 Å². The van der Waals surface area contributed by atoms with Crippen LogP contribution in [-0.4, -0.2) is 31.3 Å². The Morgan fingerprint density at radius 3 is 2.87 bits per heavy atom. The van der Waals surface area contributed by atoms with Crippen LogP contribution in [0.25, 0.3) is 10.9 Å². The Labute approximate surface area is 175 Å². The van der Waals surface area contributed by atoms with Crippen LogP contribution in [-0.2, 0) is 11.3 Å². The van der Waals surface area contributed by atoms with Gasteiger partial charge in [-0.15, -0.1) is 0 Å². The van der Waals surface area contributed by atoms with Gasteiger partial charge in [0.15, 0.2) is 5.82 Å². The molecule has 0 unspecified atom stereocenters. The second-order valence-corrected chi connectivity index (χ2v) is 7.56. The van der Waals surface area contributed by atoms with Crippen molar-refractivity contribution >= 4 is 28.3 Å². The molecule has 1 fully saturated rings. The third kappa shape index (κ3) is 3.42. The molecule has 0 bridgehead atoms. The van der Waals surface area contributed by atoms with Crippen molar-refractivity contribution in [3.05, 3.63) is 75.5 Å². The number of aromatic nitrogens is 5. The Morgan fingerprint density at radius 1 is 1.20 bits per heavy atom. The Morgan fingerprint density at radius 2 is 2.03 bits per heavy atom. The maximum atomic E-state index is 12.7. The fraction of sp³-hybridized carbons (Fsp3) is 0.250. The number of halogens is 1. The second-order valence-electron chi connectivity index (χ2n) is 7.12. The highest BCUT2D eigenvalue weighted by molar-refractivity contribution is 6.30. The smallest absolute Gasteiger partial charge is 0.261 e. The van der Waals surface area contributed by atoms with E-state index in [1.807, 2.05) is 24.3 Å². The first kappa shape index (κ1) is 18.7. The lowest BCUT2D eigenvalue weighted by Gasteiger charge is -2.09. The average molecular weight is 425 g/mol. The van der Waals surface area contributed by atoms with Gasteiger partial charge in [0.2, 0.25) is 5.89 Å². The molecule has 0 saturated carbocycles. The molecule has 0 amide bonds. The monoisotopic (exact) mass is 424 g/mol. The molecule has 152 valence electrons. The van der Waals surface area contributed by atoms with E-state index in [9.17, 15) is 4.79 Å². The summed E-state index contributed by atoms with van der Waals surface area (Å²) in [6.07, 6.45) is 3.58.